The normalized spacial score (nSPS) is 10.4. The van der Waals surface area contributed by atoms with Gasteiger partial charge in [0.1, 0.15) is 17.9 Å². The Balaban J connectivity index is 2.71. The lowest BCUT2D eigenvalue weighted by atomic mass is 10.3. The van der Waals surface area contributed by atoms with Crippen molar-refractivity contribution < 1.29 is 14.5 Å². The minimum atomic E-state index is -0.490. The number of carbonyl (C=O) groups excluding carboxylic acids is 1. The van der Waals surface area contributed by atoms with E-state index in [9.17, 15) is 14.9 Å². The summed E-state index contributed by atoms with van der Waals surface area (Å²) < 4.78 is 6.29. The Bertz CT molecular complexity index is 453. The first-order chi connectivity index (χ1) is 8.47. The number of aromatic nitrogens is 2. The van der Waals surface area contributed by atoms with Crippen molar-refractivity contribution in [3.8, 4) is 0 Å². The molecule has 18 heavy (non-hydrogen) atoms. The molecule has 0 aliphatic rings. The molecular weight excluding hydrogens is 238 g/mol. The molecule has 0 fully saturated rings. The monoisotopic (exact) mass is 255 g/mol. The van der Waals surface area contributed by atoms with Gasteiger partial charge in [0.05, 0.1) is 11.5 Å². The molecule has 100 valence electrons. The number of ether oxygens (including phenoxy) is 1. The molecule has 1 rings (SSSR count). The third-order valence-electron chi connectivity index (χ3n) is 2.57. The second-order valence-electron chi connectivity index (χ2n) is 4.01. The van der Waals surface area contributed by atoms with Crippen LogP contribution in [-0.2, 0) is 16.1 Å². The van der Waals surface area contributed by atoms with Crippen LogP contribution in [0.25, 0.3) is 0 Å². The van der Waals surface area contributed by atoms with Gasteiger partial charge in [0, 0.05) is 0 Å². The molecule has 0 N–H and O–H groups in total. The van der Waals surface area contributed by atoms with Crippen molar-refractivity contribution in [2.75, 3.05) is 6.61 Å². The van der Waals surface area contributed by atoms with Crippen molar-refractivity contribution in [2.45, 2.75) is 40.2 Å². The number of rotatable bonds is 6. The van der Waals surface area contributed by atoms with Crippen LogP contribution in [0.1, 0.15) is 31.2 Å². The zero-order chi connectivity index (χ0) is 13.7. The highest BCUT2D eigenvalue weighted by Crippen LogP contribution is 2.21. The molecule has 1 heterocycles. The summed E-state index contributed by atoms with van der Waals surface area (Å²) in [7, 11) is 0. The maximum atomic E-state index is 11.5. The molecule has 1 aromatic rings. The summed E-state index contributed by atoms with van der Waals surface area (Å²) in [4.78, 5) is 21.8. The Hall–Kier alpha value is -1.92. The van der Waals surface area contributed by atoms with Crippen LogP contribution in [-0.4, -0.2) is 27.3 Å². The zero-order valence-electron chi connectivity index (χ0n) is 10.8. The van der Waals surface area contributed by atoms with Crippen molar-refractivity contribution in [3.05, 3.63) is 21.5 Å². The number of esters is 1. The quantitative estimate of drug-likeness (QED) is 0.334. The van der Waals surface area contributed by atoms with Crippen LogP contribution in [0.15, 0.2) is 0 Å². The molecule has 0 spiro atoms. The van der Waals surface area contributed by atoms with Gasteiger partial charge in [-0.15, -0.1) is 0 Å². The van der Waals surface area contributed by atoms with E-state index in [-0.39, 0.29) is 12.2 Å². The molecule has 0 saturated carbocycles. The third kappa shape index (κ3) is 3.28. The highest BCUT2D eigenvalue weighted by molar-refractivity contribution is 5.69. The molecule has 0 aromatic carbocycles. The van der Waals surface area contributed by atoms with Gasteiger partial charge in [0.2, 0.25) is 0 Å². The van der Waals surface area contributed by atoms with Crippen LogP contribution in [0.5, 0.6) is 0 Å². The summed E-state index contributed by atoms with van der Waals surface area (Å²) in [6.45, 7) is 5.39. The summed E-state index contributed by atoms with van der Waals surface area (Å²) in [5, 5.41) is 14.8. The van der Waals surface area contributed by atoms with Crippen LogP contribution in [0.3, 0.4) is 0 Å². The van der Waals surface area contributed by atoms with E-state index in [1.54, 1.807) is 13.8 Å². The van der Waals surface area contributed by atoms with E-state index in [4.69, 9.17) is 4.74 Å². The van der Waals surface area contributed by atoms with E-state index in [1.165, 1.54) is 4.68 Å². The second kappa shape index (κ2) is 6.13. The molecule has 0 amide bonds. The number of nitrogens with zero attached hydrogens (tertiary/aromatic N) is 3. The van der Waals surface area contributed by atoms with E-state index in [1.807, 2.05) is 6.92 Å². The lowest BCUT2D eigenvalue weighted by molar-refractivity contribution is -0.386. The number of aryl methyl sites for hydroxylation is 1. The number of carbonyl (C=O) groups is 1. The van der Waals surface area contributed by atoms with Crippen LogP contribution in [0.4, 0.5) is 5.69 Å². The SMILES string of the molecule is CCCCOC(=O)Cn1nc(C)c([N+](=O)[O-])c1C. The van der Waals surface area contributed by atoms with Gasteiger partial charge >= 0.3 is 11.7 Å². The minimum Gasteiger partial charge on any atom is -0.464 e. The van der Waals surface area contributed by atoms with Gasteiger partial charge in [-0.1, -0.05) is 13.3 Å². The predicted molar refractivity (Wildman–Crippen MR) is 64.2 cm³/mol. The topological polar surface area (TPSA) is 87.3 Å². The molecule has 0 bridgehead atoms. The summed E-state index contributed by atoms with van der Waals surface area (Å²) >= 11 is 0. The molecule has 0 aliphatic heterocycles. The third-order valence-corrected chi connectivity index (χ3v) is 2.57. The van der Waals surface area contributed by atoms with Crippen LogP contribution in [0, 0.1) is 24.0 Å². The largest absolute Gasteiger partial charge is 0.464 e. The minimum absolute atomic E-state index is 0.0450. The van der Waals surface area contributed by atoms with Crippen LogP contribution >= 0.6 is 0 Å². The number of hydrogen-bond acceptors (Lipinski definition) is 5. The molecule has 0 saturated heterocycles. The summed E-state index contributed by atoms with van der Waals surface area (Å²) in [6.07, 6.45) is 1.75. The Morgan fingerprint density at radius 2 is 2.17 bits per heavy atom. The van der Waals surface area contributed by atoms with Gasteiger partial charge in [0.15, 0.2) is 0 Å². The van der Waals surface area contributed by atoms with E-state index >= 15 is 0 Å². The summed E-state index contributed by atoms with van der Waals surface area (Å²) in [5.41, 5.74) is 0.625. The second-order valence-corrected chi connectivity index (χ2v) is 4.01. The van der Waals surface area contributed by atoms with Gasteiger partial charge in [-0.2, -0.15) is 5.10 Å². The van der Waals surface area contributed by atoms with E-state index in [0.717, 1.165) is 12.8 Å². The maximum absolute atomic E-state index is 11.5. The van der Waals surface area contributed by atoms with Gasteiger partial charge < -0.3 is 4.74 Å². The molecule has 7 nitrogen and oxygen atoms in total. The van der Waals surface area contributed by atoms with E-state index < -0.39 is 10.9 Å². The standard InChI is InChI=1S/C11H17N3O4/c1-4-5-6-18-10(15)7-13-9(3)11(14(16)17)8(2)12-13/h4-7H2,1-3H3. The summed E-state index contributed by atoms with van der Waals surface area (Å²) in [6, 6.07) is 0. The van der Waals surface area contributed by atoms with Crippen molar-refractivity contribution in [2.24, 2.45) is 0 Å². The van der Waals surface area contributed by atoms with Crippen molar-refractivity contribution in [1.29, 1.82) is 0 Å². The first-order valence-corrected chi connectivity index (χ1v) is 5.81. The van der Waals surface area contributed by atoms with E-state index in [2.05, 4.69) is 5.10 Å². The van der Waals surface area contributed by atoms with E-state index in [0.29, 0.717) is 18.0 Å². The highest BCUT2D eigenvalue weighted by atomic mass is 16.6. The smallest absolute Gasteiger partial charge is 0.327 e. The molecule has 7 heteroatoms. The fourth-order valence-electron chi connectivity index (χ4n) is 1.60. The summed E-state index contributed by atoms with van der Waals surface area (Å²) in [5.74, 6) is -0.427. The molecule has 0 unspecified atom stereocenters. The highest BCUT2D eigenvalue weighted by Gasteiger charge is 2.22. The fraction of sp³-hybridized carbons (Fsp3) is 0.636. The lowest BCUT2D eigenvalue weighted by Crippen LogP contribution is -2.16. The molecule has 0 radical (unpaired) electrons. The Morgan fingerprint density at radius 1 is 1.50 bits per heavy atom. The molecule has 0 atom stereocenters. The molecule has 0 aliphatic carbocycles. The number of unbranched alkanes of at least 4 members (excludes halogenated alkanes) is 1. The van der Waals surface area contributed by atoms with Crippen molar-refractivity contribution in [1.82, 2.24) is 9.78 Å². The van der Waals surface area contributed by atoms with Crippen molar-refractivity contribution >= 4 is 11.7 Å². The molecular formula is C11H17N3O4. The Kier molecular flexibility index (Phi) is 4.82. The van der Waals surface area contributed by atoms with Gasteiger partial charge in [0.25, 0.3) is 0 Å². The average Bonchev–Trinajstić information content (AvgIpc) is 2.54. The molecule has 1 aromatic heterocycles. The average molecular weight is 255 g/mol. The lowest BCUT2D eigenvalue weighted by Gasteiger charge is -2.04. The maximum Gasteiger partial charge on any atom is 0.327 e. The first kappa shape index (κ1) is 14.1. The zero-order valence-corrected chi connectivity index (χ0v) is 10.8. The number of hydrogen-bond donors (Lipinski definition) is 0. The fourth-order valence-corrected chi connectivity index (χ4v) is 1.60. The first-order valence-electron chi connectivity index (χ1n) is 5.81. The van der Waals surface area contributed by atoms with Crippen LogP contribution < -0.4 is 0 Å². The van der Waals surface area contributed by atoms with Crippen LogP contribution in [0.2, 0.25) is 0 Å². The van der Waals surface area contributed by atoms with Gasteiger partial charge in [-0.3, -0.25) is 19.6 Å². The van der Waals surface area contributed by atoms with Gasteiger partial charge in [-0.25, -0.2) is 0 Å². The Labute approximate surface area is 105 Å². The van der Waals surface area contributed by atoms with Crippen molar-refractivity contribution in [3.63, 3.8) is 0 Å². The number of nitro groups is 1. The Morgan fingerprint density at radius 3 is 2.67 bits per heavy atom. The van der Waals surface area contributed by atoms with Gasteiger partial charge in [-0.05, 0) is 20.3 Å². The predicted octanol–water partition coefficient (Wildman–Crippen LogP) is 1.75.